The predicted octanol–water partition coefficient (Wildman–Crippen LogP) is -0.280. The highest BCUT2D eigenvalue weighted by molar-refractivity contribution is 6.63. The van der Waals surface area contributed by atoms with E-state index < -0.39 is 0 Å². The first-order valence-corrected chi connectivity index (χ1v) is 3.20. The monoisotopic (exact) mass is 161 g/mol. The van der Waals surface area contributed by atoms with Gasteiger partial charge in [-0.25, -0.2) is 5.84 Å². The molecule has 1 rings (SSSR count). The number of nitrogens with two attached hydrogens (primary N) is 1. The van der Waals surface area contributed by atoms with Crippen molar-refractivity contribution in [1.82, 2.24) is 10.3 Å². The van der Waals surface area contributed by atoms with Crippen LogP contribution in [0.2, 0.25) is 0 Å². The molecule has 1 aliphatic rings. The van der Waals surface area contributed by atoms with Gasteiger partial charge in [0.25, 0.3) is 0 Å². The third-order valence-corrected chi connectivity index (χ3v) is 1.27. The molecule has 5 heteroatoms. The molecule has 0 aliphatic carbocycles. The summed E-state index contributed by atoms with van der Waals surface area (Å²) in [6.45, 7) is 0.541. The molecule has 0 amide bonds. The largest absolute Gasteiger partial charge is 0.368 e. The highest BCUT2D eigenvalue weighted by Crippen LogP contribution is 2.05. The van der Waals surface area contributed by atoms with Crippen molar-refractivity contribution in [1.29, 1.82) is 0 Å². The van der Waals surface area contributed by atoms with Crippen LogP contribution in [0.1, 0.15) is 6.42 Å². The van der Waals surface area contributed by atoms with Gasteiger partial charge in [0.05, 0.1) is 6.42 Å². The summed E-state index contributed by atoms with van der Waals surface area (Å²) in [5.41, 5.74) is 0.766. The van der Waals surface area contributed by atoms with E-state index in [9.17, 15) is 4.79 Å². The third kappa shape index (κ3) is 1.89. The van der Waals surface area contributed by atoms with Crippen molar-refractivity contribution in [2.75, 3.05) is 6.67 Å². The van der Waals surface area contributed by atoms with E-state index in [1.165, 1.54) is 5.01 Å². The first-order valence-electron chi connectivity index (χ1n) is 2.83. The van der Waals surface area contributed by atoms with Gasteiger partial charge in [-0.05, 0) is 11.6 Å². The molecule has 0 unspecified atom stereocenters. The Morgan fingerprint density at radius 2 is 2.70 bits per heavy atom. The molecular formula is C5H8ClN3O. The Labute approximate surface area is 63.6 Å². The predicted molar refractivity (Wildman–Crippen MR) is 37.6 cm³/mol. The van der Waals surface area contributed by atoms with E-state index in [4.69, 9.17) is 17.4 Å². The first kappa shape index (κ1) is 7.37. The summed E-state index contributed by atoms with van der Waals surface area (Å²) in [5, 5.41) is 3.97. The summed E-state index contributed by atoms with van der Waals surface area (Å²) in [7, 11) is 0. The number of nitrogens with zero attached hydrogens (tertiary/aromatic N) is 1. The van der Waals surface area contributed by atoms with Crippen LogP contribution in [0.25, 0.3) is 0 Å². The Morgan fingerprint density at radius 1 is 2.00 bits per heavy atom. The standard InChI is InChI=1S/C5H8ClN3O/c6-5(10)1-4-2-9(7)3-8-4/h2,8H,1,3,7H2. The van der Waals surface area contributed by atoms with Crippen LogP contribution in [0.4, 0.5) is 0 Å². The van der Waals surface area contributed by atoms with Gasteiger partial charge in [0, 0.05) is 11.9 Å². The van der Waals surface area contributed by atoms with E-state index in [0.29, 0.717) is 6.67 Å². The van der Waals surface area contributed by atoms with Crippen LogP contribution in [0, 0.1) is 0 Å². The first-order chi connectivity index (χ1) is 4.68. The molecule has 3 N–H and O–H groups in total. The minimum absolute atomic E-state index is 0.218. The summed E-state index contributed by atoms with van der Waals surface area (Å²) < 4.78 is 0. The minimum atomic E-state index is -0.381. The fourth-order valence-corrected chi connectivity index (χ4v) is 0.886. The molecule has 0 saturated heterocycles. The van der Waals surface area contributed by atoms with E-state index in [1.807, 2.05) is 0 Å². The Hall–Kier alpha value is -0.740. The number of hydrogen-bond acceptors (Lipinski definition) is 4. The van der Waals surface area contributed by atoms with Crippen LogP contribution < -0.4 is 11.2 Å². The zero-order valence-electron chi connectivity index (χ0n) is 5.30. The lowest BCUT2D eigenvalue weighted by Crippen LogP contribution is -2.27. The molecule has 0 spiro atoms. The number of allylic oxidation sites excluding steroid dienone is 1. The fraction of sp³-hybridized carbons (Fsp3) is 0.400. The average molecular weight is 162 g/mol. The summed E-state index contributed by atoms with van der Waals surface area (Å²) in [4.78, 5) is 10.3. The zero-order valence-corrected chi connectivity index (χ0v) is 6.06. The van der Waals surface area contributed by atoms with E-state index in [1.54, 1.807) is 6.20 Å². The summed E-state index contributed by atoms with van der Waals surface area (Å²) >= 11 is 5.13. The molecule has 1 aliphatic heterocycles. The van der Waals surface area contributed by atoms with Crippen LogP contribution in [-0.2, 0) is 4.79 Å². The second-order valence-corrected chi connectivity index (χ2v) is 2.46. The minimum Gasteiger partial charge on any atom is -0.368 e. The van der Waals surface area contributed by atoms with Crippen molar-refractivity contribution in [3.63, 3.8) is 0 Å². The second-order valence-electron chi connectivity index (χ2n) is 2.04. The second kappa shape index (κ2) is 2.90. The Kier molecular flexibility index (Phi) is 2.13. The third-order valence-electron chi connectivity index (χ3n) is 1.14. The Balaban J connectivity index is 2.43. The quantitative estimate of drug-likeness (QED) is 0.432. The van der Waals surface area contributed by atoms with E-state index in [0.717, 1.165) is 5.70 Å². The van der Waals surface area contributed by atoms with Crippen molar-refractivity contribution < 1.29 is 4.79 Å². The van der Waals surface area contributed by atoms with Gasteiger partial charge in [-0.1, -0.05) is 0 Å². The van der Waals surface area contributed by atoms with Crippen molar-refractivity contribution >= 4 is 16.8 Å². The Bertz CT molecular complexity index is 180. The molecule has 10 heavy (non-hydrogen) atoms. The van der Waals surface area contributed by atoms with Gasteiger partial charge >= 0.3 is 0 Å². The molecule has 0 bridgehead atoms. The van der Waals surface area contributed by atoms with Gasteiger partial charge in [0.2, 0.25) is 5.24 Å². The smallest absolute Gasteiger partial charge is 0.227 e. The number of nitrogens with one attached hydrogen (secondary N) is 1. The SMILES string of the molecule is NN1C=C(CC(=O)Cl)NC1. The molecule has 0 atom stereocenters. The molecule has 56 valence electrons. The highest BCUT2D eigenvalue weighted by Gasteiger charge is 2.09. The van der Waals surface area contributed by atoms with Gasteiger partial charge in [-0.2, -0.15) is 0 Å². The molecule has 0 radical (unpaired) electrons. The molecule has 0 saturated carbocycles. The summed E-state index contributed by atoms with van der Waals surface area (Å²) in [6, 6.07) is 0. The van der Waals surface area contributed by atoms with Crippen LogP contribution in [0.5, 0.6) is 0 Å². The maximum Gasteiger partial charge on any atom is 0.227 e. The van der Waals surface area contributed by atoms with Crippen molar-refractivity contribution in [2.45, 2.75) is 6.42 Å². The molecule has 0 aromatic heterocycles. The van der Waals surface area contributed by atoms with Crippen molar-refractivity contribution in [2.24, 2.45) is 5.84 Å². The van der Waals surface area contributed by atoms with E-state index in [-0.39, 0.29) is 11.7 Å². The molecule has 0 aromatic rings. The van der Waals surface area contributed by atoms with Crippen molar-refractivity contribution in [3.05, 3.63) is 11.9 Å². The normalized spacial score (nSPS) is 16.6. The maximum absolute atomic E-state index is 10.3. The fourth-order valence-electron chi connectivity index (χ4n) is 0.742. The lowest BCUT2D eigenvalue weighted by atomic mass is 10.4. The maximum atomic E-state index is 10.3. The van der Waals surface area contributed by atoms with Gasteiger partial charge in [0.15, 0.2) is 0 Å². The van der Waals surface area contributed by atoms with Crippen LogP contribution in [-0.4, -0.2) is 16.9 Å². The number of carbonyl (C=O) groups is 1. The van der Waals surface area contributed by atoms with E-state index >= 15 is 0 Å². The lowest BCUT2D eigenvalue weighted by Gasteiger charge is -2.02. The number of rotatable bonds is 2. The topological polar surface area (TPSA) is 58.4 Å². The summed E-state index contributed by atoms with van der Waals surface area (Å²) in [6.07, 6.45) is 1.87. The number of hydrazine groups is 1. The summed E-state index contributed by atoms with van der Waals surface area (Å²) in [5.74, 6) is 5.34. The molecule has 4 nitrogen and oxygen atoms in total. The van der Waals surface area contributed by atoms with Crippen molar-refractivity contribution in [3.8, 4) is 0 Å². The molecule has 1 heterocycles. The van der Waals surface area contributed by atoms with Gasteiger partial charge in [-0.15, -0.1) is 0 Å². The lowest BCUT2D eigenvalue weighted by molar-refractivity contribution is -0.111. The zero-order chi connectivity index (χ0) is 7.56. The molecule has 0 fully saturated rings. The number of carbonyl (C=O) groups excluding carboxylic acids is 1. The van der Waals surface area contributed by atoms with E-state index in [2.05, 4.69) is 5.32 Å². The average Bonchev–Trinajstić information content (AvgIpc) is 2.13. The highest BCUT2D eigenvalue weighted by atomic mass is 35.5. The number of hydrogen-bond donors (Lipinski definition) is 2. The Morgan fingerprint density at radius 3 is 3.10 bits per heavy atom. The van der Waals surface area contributed by atoms with Crippen LogP contribution in [0.15, 0.2) is 11.9 Å². The van der Waals surface area contributed by atoms with Gasteiger partial charge in [-0.3, -0.25) is 9.80 Å². The molecule has 0 aromatic carbocycles. The van der Waals surface area contributed by atoms with Gasteiger partial charge < -0.3 is 5.32 Å². The van der Waals surface area contributed by atoms with Crippen LogP contribution in [0.3, 0.4) is 0 Å². The van der Waals surface area contributed by atoms with Crippen LogP contribution >= 0.6 is 11.6 Å². The molecular weight excluding hydrogens is 154 g/mol. The van der Waals surface area contributed by atoms with Gasteiger partial charge in [0.1, 0.15) is 6.67 Å². The number of halogens is 1.